The number of amides is 1. The first-order chi connectivity index (χ1) is 8.77. The van der Waals surface area contributed by atoms with Crippen LogP contribution in [0.25, 0.3) is 0 Å². The molecule has 0 bridgehead atoms. The average molecular weight is 306 g/mol. The second-order valence-electron chi connectivity index (χ2n) is 4.12. The highest BCUT2D eigenvalue weighted by atomic mass is 35.7. The Labute approximate surface area is 117 Å². The second kappa shape index (κ2) is 6.36. The van der Waals surface area contributed by atoms with Crippen molar-refractivity contribution >= 4 is 25.6 Å². The number of hydrogen-bond donors (Lipinski definition) is 1. The molecule has 1 amide bonds. The molecule has 0 aliphatic carbocycles. The number of hydrogen-bond acceptors (Lipinski definition) is 4. The van der Waals surface area contributed by atoms with E-state index in [-0.39, 0.29) is 10.8 Å². The molecule has 1 aromatic carbocycles. The number of rotatable bonds is 5. The van der Waals surface area contributed by atoms with E-state index >= 15 is 0 Å². The lowest BCUT2D eigenvalue weighted by Gasteiger charge is -2.10. The van der Waals surface area contributed by atoms with Crippen LogP contribution < -0.4 is 5.32 Å². The SMILES string of the molecule is COCCNC(=O)c1cc(S(=O)(=O)Cl)c(C)cc1C. The van der Waals surface area contributed by atoms with Crippen LogP contribution in [0.2, 0.25) is 0 Å². The summed E-state index contributed by atoms with van der Waals surface area (Å²) in [6, 6.07) is 2.93. The van der Waals surface area contributed by atoms with Gasteiger partial charge in [0.1, 0.15) is 0 Å². The Balaban J connectivity index is 3.11. The first kappa shape index (κ1) is 15.9. The van der Waals surface area contributed by atoms with E-state index in [1.807, 2.05) is 0 Å². The highest BCUT2D eigenvalue weighted by molar-refractivity contribution is 8.13. The van der Waals surface area contributed by atoms with E-state index in [1.165, 1.54) is 13.2 Å². The van der Waals surface area contributed by atoms with Gasteiger partial charge in [-0.2, -0.15) is 0 Å². The molecule has 1 aromatic rings. The maximum Gasteiger partial charge on any atom is 0.261 e. The number of nitrogens with one attached hydrogen (secondary N) is 1. The number of ether oxygens (including phenoxy) is 1. The maximum absolute atomic E-state index is 11.9. The van der Waals surface area contributed by atoms with E-state index in [0.29, 0.717) is 29.8 Å². The van der Waals surface area contributed by atoms with Crippen LogP contribution in [0.4, 0.5) is 0 Å². The van der Waals surface area contributed by atoms with Crippen molar-refractivity contribution < 1.29 is 17.9 Å². The molecule has 0 aliphatic heterocycles. The summed E-state index contributed by atoms with van der Waals surface area (Å²) in [7, 11) is 3.01. The number of carbonyl (C=O) groups excluding carboxylic acids is 1. The van der Waals surface area contributed by atoms with Crippen molar-refractivity contribution in [2.24, 2.45) is 0 Å². The number of benzene rings is 1. The summed E-state index contributed by atoms with van der Waals surface area (Å²) in [4.78, 5) is 11.9. The lowest BCUT2D eigenvalue weighted by molar-refractivity contribution is 0.0936. The van der Waals surface area contributed by atoms with Gasteiger partial charge >= 0.3 is 0 Å². The summed E-state index contributed by atoms with van der Waals surface area (Å²) in [5.41, 5.74) is 1.50. The summed E-state index contributed by atoms with van der Waals surface area (Å²) in [5.74, 6) is -0.351. The van der Waals surface area contributed by atoms with E-state index in [0.717, 1.165) is 0 Å². The topological polar surface area (TPSA) is 72.5 Å². The summed E-state index contributed by atoms with van der Waals surface area (Å²) in [5, 5.41) is 2.64. The van der Waals surface area contributed by atoms with Crippen molar-refractivity contribution in [1.82, 2.24) is 5.32 Å². The summed E-state index contributed by atoms with van der Waals surface area (Å²) >= 11 is 0. The summed E-state index contributed by atoms with van der Waals surface area (Å²) in [6.45, 7) is 4.11. The number of halogens is 1. The Morgan fingerprint density at radius 2 is 1.95 bits per heavy atom. The van der Waals surface area contributed by atoms with E-state index in [2.05, 4.69) is 5.32 Å². The maximum atomic E-state index is 11.9. The minimum atomic E-state index is -3.86. The molecular formula is C12H16ClNO4S. The summed E-state index contributed by atoms with van der Waals surface area (Å²) < 4.78 is 27.7. The fraction of sp³-hybridized carbons (Fsp3) is 0.417. The lowest BCUT2D eigenvalue weighted by atomic mass is 10.1. The van der Waals surface area contributed by atoms with Crippen LogP contribution in [-0.4, -0.2) is 34.6 Å². The molecule has 0 unspecified atom stereocenters. The number of carbonyl (C=O) groups is 1. The number of methoxy groups -OCH3 is 1. The standard InChI is InChI=1S/C12H16ClNO4S/c1-8-6-9(2)11(19(13,16)17)7-10(8)12(15)14-4-5-18-3/h6-7H,4-5H2,1-3H3,(H,14,15). The zero-order valence-electron chi connectivity index (χ0n) is 11.0. The van der Waals surface area contributed by atoms with Crippen LogP contribution in [-0.2, 0) is 13.8 Å². The van der Waals surface area contributed by atoms with Crippen molar-refractivity contribution in [3.8, 4) is 0 Å². The molecule has 0 aromatic heterocycles. The first-order valence-corrected chi connectivity index (χ1v) is 7.91. The molecule has 1 rings (SSSR count). The minimum Gasteiger partial charge on any atom is -0.383 e. The predicted molar refractivity (Wildman–Crippen MR) is 73.2 cm³/mol. The second-order valence-corrected chi connectivity index (χ2v) is 6.65. The Kier molecular flexibility index (Phi) is 5.34. The molecule has 5 nitrogen and oxygen atoms in total. The van der Waals surface area contributed by atoms with Gasteiger partial charge in [-0.1, -0.05) is 6.07 Å². The lowest BCUT2D eigenvalue weighted by Crippen LogP contribution is -2.27. The molecule has 0 saturated carbocycles. The van der Waals surface area contributed by atoms with Gasteiger partial charge in [0.05, 0.1) is 11.5 Å². The Morgan fingerprint density at radius 1 is 1.32 bits per heavy atom. The van der Waals surface area contributed by atoms with Gasteiger partial charge in [-0.3, -0.25) is 4.79 Å². The Morgan fingerprint density at radius 3 is 2.47 bits per heavy atom. The van der Waals surface area contributed by atoms with E-state index in [9.17, 15) is 13.2 Å². The van der Waals surface area contributed by atoms with Gasteiger partial charge in [0.25, 0.3) is 15.0 Å². The van der Waals surface area contributed by atoms with Crippen LogP contribution in [0, 0.1) is 13.8 Å². The monoisotopic (exact) mass is 305 g/mol. The molecule has 0 fully saturated rings. The smallest absolute Gasteiger partial charge is 0.261 e. The highest BCUT2D eigenvalue weighted by Gasteiger charge is 2.18. The van der Waals surface area contributed by atoms with Crippen LogP contribution >= 0.6 is 10.7 Å². The van der Waals surface area contributed by atoms with Crippen molar-refractivity contribution in [2.45, 2.75) is 18.7 Å². The van der Waals surface area contributed by atoms with Gasteiger partial charge < -0.3 is 10.1 Å². The van der Waals surface area contributed by atoms with Gasteiger partial charge in [-0.05, 0) is 31.0 Å². The Hall–Kier alpha value is -1.11. The Bertz CT molecular complexity index is 584. The molecule has 7 heteroatoms. The molecule has 0 aliphatic rings. The third-order valence-electron chi connectivity index (χ3n) is 2.62. The van der Waals surface area contributed by atoms with Gasteiger partial charge in [0.2, 0.25) is 0 Å². The van der Waals surface area contributed by atoms with Gasteiger partial charge in [-0.15, -0.1) is 0 Å². The largest absolute Gasteiger partial charge is 0.383 e. The van der Waals surface area contributed by atoms with E-state index in [4.69, 9.17) is 15.4 Å². The van der Waals surface area contributed by atoms with Crippen molar-refractivity contribution in [1.29, 1.82) is 0 Å². The molecule has 0 radical (unpaired) electrons. The van der Waals surface area contributed by atoms with Crippen LogP contribution in [0.15, 0.2) is 17.0 Å². The van der Waals surface area contributed by atoms with Crippen molar-refractivity contribution in [3.05, 3.63) is 28.8 Å². The molecular weight excluding hydrogens is 290 g/mol. The number of aryl methyl sites for hydroxylation is 2. The highest BCUT2D eigenvalue weighted by Crippen LogP contribution is 2.23. The fourth-order valence-electron chi connectivity index (χ4n) is 1.70. The average Bonchev–Trinajstić information content (AvgIpc) is 2.27. The summed E-state index contributed by atoms with van der Waals surface area (Å²) in [6.07, 6.45) is 0. The third-order valence-corrected chi connectivity index (χ3v) is 4.08. The van der Waals surface area contributed by atoms with Gasteiger partial charge in [0.15, 0.2) is 0 Å². The molecule has 0 atom stereocenters. The first-order valence-electron chi connectivity index (χ1n) is 5.60. The third kappa shape index (κ3) is 4.19. The van der Waals surface area contributed by atoms with E-state index < -0.39 is 9.05 Å². The quantitative estimate of drug-likeness (QED) is 0.662. The fourth-order valence-corrected chi connectivity index (χ4v) is 2.90. The van der Waals surface area contributed by atoms with Gasteiger partial charge in [-0.25, -0.2) is 8.42 Å². The van der Waals surface area contributed by atoms with Gasteiger partial charge in [0, 0.05) is 29.9 Å². The van der Waals surface area contributed by atoms with E-state index in [1.54, 1.807) is 19.9 Å². The van der Waals surface area contributed by atoms with Crippen LogP contribution in [0.5, 0.6) is 0 Å². The molecule has 0 saturated heterocycles. The molecule has 106 valence electrons. The van der Waals surface area contributed by atoms with Crippen LogP contribution in [0.1, 0.15) is 21.5 Å². The molecule has 0 spiro atoms. The molecule has 1 N–H and O–H groups in total. The van der Waals surface area contributed by atoms with Crippen LogP contribution in [0.3, 0.4) is 0 Å². The normalized spacial score (nSPS) is 11.4. The molecule has 0 heterocycles. The molecule has 19 heavy (non-hydrogen) atoms. The van der Waals surface area contributed by atoms with Crippen molar-refractivity contribution in [3.63, 3.8) is 0 Å². The van der Waals surface area contributed by atoms with Crippen molar-refractivity contribution in [2.75, 3.05) is 20.3 Å². The minimum absolute atomic E-state index is 0.0448. The zero-order chi connectivity index (χ0) is 14.6. The predicted octanol–water partition coefficient (Wildman–Crippen LogP) is 1.61. The zero-order valence-corrected chi connectivity index (χ0v) is 12.6.